The van der Waals surface area contributed by atoms with Gasteiger partial charge in [-0.25, -0.2) is 0 Å². The van der Waals surface area contributed by atoms with Crippen molar-refractivity contribution in [3.8, 4) is 0 Å². The molecule has 1 aliphatic rings. The van der Waals surface area contributed by atoms with Gasteiger partial charge in [0, 0.05) is 18.9 Å². The van der Waals surface area contributed by atoms with E-state index in [1.54, 1.807) is 11.3 Å². The zero-order valence-electron chi connectivity index (χ0n) is 11.2. The van der Waals surface area contributed by atoms with E-state index >= 15 is 0 Å². The molecule has 3 aromatic heterocycles. The molecule has 0 radical (unpaired) electrons. The molecule has 21 heavy (non-hydrogen) atoms. The maximum Gasteiger partial charge on any atom is 0.261 e. The molecule has 4 rings (SSSR count). The van der Waals surface area contributed by atoms with Crippen LogP contribution in [0.15, 0.2) is 17.5 Å². The number of aromatic nitrogens is 4. The SMILES string of the molecule is O=C(NCCc1nn2c(C3CC3)nnc2s1)c1cccs1. The summed E-state index contributed by atoms with van der Waals surface area (Å²) in [6, 6.07) is 3.70. The van der Waals surface area contributed by atoms with Gasteiger partial charge in [-0.2, -0.15) is 9.61 Å². The fourth-order valence-electron chi connectivity index (χ4n) is 2.15. The normalized spacial score (nSPS) is 14.7. The average Bonchev–Trinajstić information content (AvgIpc) is 2.92. The van der Waals surface area contributed by atoms with Gasteiger partial charge in [-0.1, -0.05) is 17.4 Å². The smallest absolute Gasteiger partial charge is 0.261 e. The predicted molar refractivity (Wildman–Crippen MR) is 81.0 cm³/mol. The Bertz CT molecular complexity index is 772. The summed E-state index contributed by atoms with van der Waals surface area (Å²) in [5.41, 5.74) is 0. The summed E-state index contributed by atoms with van der Waals surface area (Å²) in [5, 5.41) is 18.7. The Balaban J connectivity index is 1.39. The largest absolute Gasteiger partial charge is 0.351 e. The van der Waals surface area contributed by atoms with Crippen LogP contribution in [0.3, 0.4) is 0 Å². The van der Waals surface area contributed by atoms with E-state index in [-0.39, 0.29) is 5.91 Å². The lowest BCUT2D eigenvalue weighted by Gasteiger charge is -2.00. The summed E-state index contributed by atoms with van der Waals surface area (Å²) in [7, 11) is 0. The molecular weight excluding hydrogens is 306 g/mol. The van der Waals surface area contributed by atoms with Crippen molar-refractivity contribution in [3.05, 3.63) is 33.2 Å². The molecule has 0 atom stereocenters. The molecule has 0 unspecified atom stereocenters. The van der Waals surface area contributed by atoms with Gasteiger partial charge >= 0.3 is 0 Å². The number of rotatable bonds is 5. The average molecular weight is 319 g/mol. The number of nitrogens with zero attached hydrogens (tertiary/aromatic N) is 4. The highest BCUT2D eigenvalue weighted by atomic mass is 32.1. The van der Waals surface area contributed by atoms with Crippen molar-refractivity contribution in [2.45, 2.75) is 25.2 Å². The fraction of sp³-hybridized carbons (Fsp3) is 0.385. The number of carbonyl (C=O) groups excluding carboxylic acids is 1. The summed E-state index contributed by atoms with van der Waals surface area (Å²) in [6.07, 6.45) is 3.09. The van der Waals surface area contributed by atoms with Gasteiger partial charge in [0.15, 0.2) is 5.82 Å². The highest BCUT2D eigenvalue weighted by Crippen LogP contribution is 2.39. The molecule has 0 saturated heterocycles. The molecule has 1 saturated carbocycles. The Morgan fingerprint density at radius 3 is 3.10 bits per heavy atom. The monoisotopic (exact) mass is 319 g/mol. The minimum Gasteiger partial charge on any atom is -0.351 e. The van der Waals surface area contributed by atoms with Crippen LogP contribution in [0.25, 0.3) is 4.96 Å². The van der Waals surface area contributed by atoms with Gasteiger partial charge in [0.2, 0.25) is 4.96 Å². The molecule has 6 nitrogen and oxygen atoms in total. The van der Waals surface area contributed by atoms with Crippen molar-refractivity contribution in [1.29, 1.82) is 0 Å². The first-order chi connectivity index (χ1) is 10.3. The minimum atomic E-state index is -0.0216. The van der Waals surface area contributed by atoms with Gasteiger partial charge in [0.05, 0.1) is 4.88 Å². The standard InChI is InChI=1S/C13H13N5OS2/c19-12(9-2-1-7-20-9)14-6-5-10-17-18-11(8-3-4-8)15-16-13(18)21-10/h1-2,7-8H,3-6H2,(H,14,19). The summed E-state index contributed by atoms with van der Waals surface area (Å²) in [4.78, 5) is 13.4. The number of carbonyl (C=O) groups is 1. The van der Waals surface area contributed by atoms with Crippen molar-refractivity contribution in [1.82, 2.24) is 25.1 Å². The van der Waals surface area contributed by atoms with Crippen LogP contribution >= 0.6 is 22.7 Å². The van der Waals surface area contributed by atoms with E-state index in [0.29, 0.717) is 12.5 Å². The molecular formula is C13H13N5OS2. The fourth-order valence-corrected chi connectivity index (χ4v) is 3.63. The second-order valence-corrected chi connectivity index (χ2v) is 6.99. The number of nitrogens with one attached hydrogen (secondary N) is 1. The number of amides is 1. The lowest BCUT2D eigenvalue weighted by Crippen LogP contribution is -2.24. The van der Waals surface area contributed by atoms with Crippen molar-refractivity contribution in [2.24, 2.45) is 0 Å². The quantitative estimate of drug-likeness (QED) is 0.781. The Kier molecular flexibility index (Phi) is 3.19. The summed E-state index contributed by atoms with van der Waals surface area (Å²) < 4.78 is 1.86. The van der Waals surface area contributed by atoms with Crippen LogP contribution in [-0.4, -0.2) is 32.3 Å². The van der Waals surface area contributed by atoms with Gasteiger partial charge in [-0.05, 0) is 24.3 Å². The maximum atomic E-state index is 11.8. The second-order valence-electron chi connectivity index (χ2n) is 5.01. The molecule has 108 valence electrons. The van der Waals surface area contributed by atoms with Gasteiger partial charge in [0.1, 0.15) is 5.01 Å². The number of fused-ring (bicyclic) bond motifs is 1. The van der Waals surface area contributed by atoms with E-state index in [0.717, 1.165) is 27.1 Å². The first kappa shape index (κ1) is 12.9. The molecule has 0 aromatic carbocycles. The topological polar surface area (TPSA) is 72.2 Å². The molecule has 0 bridgehead atoms. The van der Waals surface area contributed by atoms with Crippen LogP contribution in [0.1, 0.15) is 39.3 Å². The van der Waals surface area contributed by atoms with E-state index in [2.05, 4.69) is 20.6 Å². The Labute approximate surface area is 128 Å². The Hall–Kier alpha value is -1.80. The lowest BCUT2D eigenvalue weighted by atomic mass is 10.4. The van der Waals surface area contributed by atoms with E-state index in [1.807, 2.05) is 22.0 Å². The highest BCUT2D eigenvalue weighted by molar-refractivity contribution is 7.16. The van der Waals surface area contributed by atoms with Crippen LogP contribution in [0.2, 0.25) is 0 Å². The molecule has 1 fully saturated rings. The Morgan fingerprint density at radius 1 is 1.43 bits per heavy atom. The lowest BCUT2D eigenvalue weighted by molar-refractivity contribution is 0.0958. The molecule has 1 aliphatic carbocycles. The van der Waals surface area contributed by atoms with Gasteiger partial charge in [-0.15, -0.1) is 21.5 Å². The Morgan fingerprint density at radius 2 is 2.33 bits per heavy atom. The van der Waals surface area contributed by atoms with Crippen molar-refractivity contribution >= 4 is 33.5 Å². The van der Waals surface area contributed by atoms with Crippen molar-refractivity contribution < 1.29 is 4.79 Å². The van der Waals surface area contributed by atoms with Crippen LogP contribution in [0.5, 0.6) is 0 Å². The molecule has 8 heteroatoms. The highest BCUT2D eigenvalue weighted by Gasteiger charge is 2.29. The third-order valence-electron chi connectivity index (χ3n) is 3.37. The van der Waals surface area contributed by atoms with Crippen molar-refractivity contribution in [2.75, 3.05) is 6.54 Å². The maximum absolute atomic E-state index is 11.8. The van der Waals surface area contributed by atoms with Gasteiger partial charge in [0.25, 0.3) is 5.91 Å². The summed E-state index contributed by atoms with van der Waals surface area (Å²) in [6.45, 7) is 0.583. The molecule has 3 heterocycles. The molecule has 1 N–H and O–H groups in total. The van der Waals surface area contributed by atoms with Crippen LogP contribution < -0.4 is 5.32 Å². The van der Waals surface area contributed by atoms with E-state index in [1.165, 1.54) is 24.2 Å². The number of thiophene rings is 1. The zero-order chi connectivity index (χ0) is 14.2. The van der Waals surface area contributed by atoms with E-state index in [4.69, 9.17) is 0 Å². The van der Waals surface area contributed by atoms with Crippen LogP contribution in [0.4, 0.5) is 0 Å². The molecule has 3 aromatic rings. The predicted octanol–water partition coefficient (Wildman–Crippen LogP) is 2.10. The third kappa shape index (κ3) is 2.56. The minimum absolute atomic E-state index is 0.0216. The summed E-state index contributed by atoms with van der Waals surface area (Å²) in [5.74, 6) is 1.50. The number of hydrogen-bond donors (Lipinski definition) is 1. The molecule has 1 amide bonds. The van der Waals surface area contributed by atoms with Crippen LogP contribution in [-0.2, 0) is 6.42 Å². The van der Waals surface area contributed by atoms with E-state index < -0.39 is 0 Å². The van der Waals surface area contributed by atoms with Gasteiger partial charge < -0.3 is 5.32 Å². The third-order valence-corrected chi connectivity index (χ3v) is 5.20. The van der Waals surface area contributed by atoms with Gasteiger partial charge in [-0.3, -0.25) is 4.79 Å². The number of hydrogen-bond acceptors (Lipinski definition) is 6. The summed E-state index contributed by atoms with van der Waals surface area (Å²) >= 11 is 2.99. The molecule has 0 aliphatic heterocycles. The second kappa shape index (κ2) is 5.19. The first-order valence-corrected chi connectivity index (χ1v) is 8.53. The van der Waals surface area contributed by atoms with Crippen LogP contribution in [0, 0.1) is 0 Å². The van der Waals surface area contributed by atoms with E-state index in [9.17, 15) is 4.79 Å². The zero-order valence-corrected chi connectivity index (χ0v) is 12.8. The first-order valence-electron chi connectivity index (χ1n) is 6.84. The molecule has 0 spiro atoms. The van der Waals surface area contributed by atoms with Crippen molar-refractivity contribution in [3.63, 3.8) is 0 Å².